The molecule has 6 nitrogen and oxygen atoms in total. The number of rotatable bonds is 7. The molecule has 0 bridgehead atoms. The normalized spacial score (nSPS) is 16.1. The molecule has 1 unspecified atom stereocenters. The fraction of sp³-hybridized carbons (Fsp3) is 0.379. The second-order valence-corrected chi connectivity index (χ2v) is 9.71. The number of carboxylic acids is 1. The molecule has 9 heteroatoms. The molecule has 0 amide bonds. The first-order valence-corrected chi connectivity index (χ1v) is 12.3. The van der Waals surface area contributed by atoms with Crippen molar-refractivity contribution >= 4 is 16.9 Å². The number of fused-ring (bicyclic) bond motifs is 1. The summed E-state index contributed by atoms with van der Waals surface area (Å²) in [5.74, 6) is 1.51. The van der Waals surface area contributed by atoms with Crippen molar-refractivity contribution in [2.24, 2.45) is 5.41 Å². The molecule has 1 atom stereocenters. The minimum atomic E-state index is -1.30. The number of carboxylic acid groups (broad SMARTS) is 1. The van der Waals surface area contributed by atoms with Crippen LogP contribution in [-0.2, 0) is 4.79 Å². The van der Waals surface area contributed by atoms with Crippen LogP contribution in [0.15, 0.2) is 36.5 Å². The summed E-state index contributed by atoms with van der Waals surface area (Å²) in [5, 5.41) is 22.0. The minimum absolute atomic E-state index is 0.208. The van der Waals surface area contributed by atoms with Crippen molar-refractivity contribution < 1.29 is 32.9 Å². The van der Waals surface area contributed by atoms with Gasteiger partial charge in [0.25, 0.3) is 0 Å². The summed E-state index contributed by atoms with van der Waals surface area (Å²) in [6.07, 6.45) is 2.06. The topological polar surface area (TPSA) is 82.9 Å². The van der Waals surface area contributed by atoms with Crippen LogP contribution in [-0.4, -0.2) is 52.8 Å². The third-order valence-electron chi connectivity index (χ3n) is 7.33. The average Bonchev–Trinajstić information content (AvgIpc) is 2.90. The van der Waals surface area contributed by atoms with Crippen LogP contribution in [0, 0.1) is 41.6 Å². The van der Waals surface area contributed by atoms with Gasteiger partial charge in [-0.3, -0.25) is 14.7 Å². The summed E-state index contributed by atoms with van der Waals surface area (Å²) in [5.41, 5.74) is 0.879. The van der Waals surface area contributed by atoms with Crippen molar-refractivity contribution in [3.8, 4) is 17.6 Å². The molecule has 1 saturated heterocycles. The number of aryl methyl sites for hydroxylation is 1. The molecule has 0 saturated carbocycles. The fourth-order valence-corrected chi connectivity index (χ4v) is 5.02. The van der Waals surface area contributed by atoms with Crippen LogP contribution in [0.3, 0.4) is 0 Å². The van der Waals surface area contributed by atoms with Gasteiger partial charge in [0.15, 0.2) is 11.6 Å². The molecule has 2 aromatic carbocycles. The molecule has 1 aliphatic heterocycles. The lowest BCUT2D eigenvalue weighted by Gasteiger charge is -2.38. The van der Waals surface area contributed by atoms with Crippen LogP contribution in [0.5, 0.6) is 5.75 Å². The van der Waals surface area contributed by atoms with Gasteiger partial charge in [0.1, 0.15) is 11.6 Å². The summed E-state index contributed by atoms with van der Waals surface area (Å²) < 4.78 is 45.9. The van der Waals surface area contributed by atoms with Crippen molar-refractivity contribution in [1.82, 2.24) is 9.88 Å². The van der Waals surface area contributed by atoms with Gasteiger partial charge in [0.05, 0.1) is 36.3 Å². The molecule has 2 N–H and O–H groups in total. The van der Waals surface area contributed by atoms with Crippen molar-refractivity contribution in [2.45, 2.75) is 38.7 Å². The van der Waals surface area contributed by atoms with Gasteiger partial charge in [-0.15, -0.1) is 0 Å². The highest BCUT2D eigenvalue weighted by Crippen LogP contribution is 2.40. The smallest absolute Gasteiger partial charge is 0.309 e. The number of nitrogens with zero attached hydrogens (tertiary/aromatic N) is 2. The van der Waals surface area contributed by atoms with E-state index in [9.17, 15) is 28.2 Å². The molecule has 3 aromatic rings. The number of aliphatic hydroxyl groups is 1. The van der Waals surface area contributed by atoms with E-state index in [0.717, 1.165) is 17.0 Å². The molecular formula is C29H29F3N2O4. The lowest BCUT2D eigenvalue weighted by Crippen LogP contribution is -2.44. The molecule has 2 heterocycles. The molecule has 1 aliphatic rings. The SMILES string of the molecule is COc1ccc2ncc(C)c(C(O)CCC3(C(=O)O)CCN(CC#Cc4cc(F)cc(F)c4F)CC3)c2c1. The first-order chi connectivity index (χ1) is 18.1. The molecule has 1 aromatic heterocycles. The number of aliphatic hydroxyl groups excluding tert-OH is 1. The van der Waals surface area contributed by atoms with E-state index in [4.69, 9.17) is 4.74 Å². The lowest BCUT2D eigenvalue weighted by molar-refractivity contribution is -0.153. The van der Waals surface area contributed by atoms with Gasteiger partial charge in [-0.25, -0.2) is 13.2 Å². The largest absolute Gasteiger partial charge is 0.497 e. The van der Waals surface area contributed by atoms with Gasteiger partial charge in [-0.05, 0) is 68.0 Å². The summed E-state index contributed by atoms with van der Waals surface area (Å²) >= 11 is 0. The van der Waals surface area contributed by atoms with E-state index in [0.29, 0.717) is 48.8 Å². The zero-order valence-corrected chi connectivity index (χ0v) is 21.2. The minimum Gasteiger partial charge on any atom is -0.497 e. The van der Waals surface area contributed by atoms with Crippen LogP contribution in [0.4, 0.5) is 13.2 Å². The highest BCUT2D eigenvalue weighted by molar-refractivity contribution is 5.85. The molecule has 1 fully saturated rings. The summed E-state index contributed by atoms with van der Waals surface area (Å²) in [7, 11) is 1.56. The van der Waals surface area contributed by atoms with Crippen LogP contribution in [0.1, 0.15) is 48.5 Å². The van der Waals surface area contributed by atoms with Crippen LogP contribution in [0.25, 0.3) is 10.9 Å². The van der Waals surface area contributed by atoms with Crippen molar-refractivity contribution in [3.05, 3.63) is 70.7 Å². The van der Waals surface area contributed by atoms with E-state index in [1.165, 1.54) is 0 Å². The number of ether oxygens (including phenoxy) is 1. The molecule has 200 valence electrons. The fourth-order valence-electron chi connectivity index (χ4n) is 5.02. The van der Waals surface area contributed by atoms with E-state index in [-0.39, 0.29) is 24.9 Å². The number of aliphatic carboxylic acids is 1. The third-order valence-corrected chi connectivity index (χ3v) is 7.33. The number of pyridine rings is 1. The Balaban J connectivity index is 1.42. The quantitative estimate of drug-likeness (QED) is 0.333. The molecule has 0 spiro atoms. The maximum atomic E-state index is 13.8. The first kappa shape index (κ1) is 27.4. The summed E-state index contributed by atoms with van der Waals surface area (Å²) in [6.45, 7) is 2.94. The van der Waals surface area contributed by atoms with Crippen LogP contribution >= 0.6 is 0 Å². The number of benzene rings is 2. The Bertz CT molecular complexity index is 1410. The molecule has 4 rings (SSSR count). The standard InChI is InChI=1S/C29H29F3N2O4/c1-18-17-33-24-6-5-21(38-2)16-22(24)26(18)25(35)7-8-29(28(36)37)9-12-34(13-10-29)11-3-4-19-14-20(30)15-23(31)27(19)32/h5-6,14-17,25,35H,7-13H2,1-2H3,(H,36,37). The maximum absolute atomic E-state index is 13.8. The number of hydrogen-bond acceptors (Lipinski definition) is 5. The van der Waals surface area contributed by atoms with Gasteiger partial charge in [-0.1, -0.05) is 11.8 Å². The van der Waals surface area contributed by atoms with E-state index in [1.54, 1.807) is 19.4 Å². The number of halogens is 3. The zero-order chi connectivity index (χ0) is 27.4. The van der Waals surface area contributed by atoms with Gasteiger partial charge in [0, 0.05) is 30.7 Å². The third kappa shape index (κ3) is 5.77. The summed E-state index contributed by atoms with van der Waals surface area (Å²) in [4.78, 5) is 18.7. The maximum Gasteiger partial charge on any atom is 0.309 e. The second kappa shape index (κ2) is 11.4. The van der Waals surface area contributed by atoms with E-state index in [2.05, 4.69) is 16.8 Å². The Kier molecular flexibility index (Phi) is 8.24. The Labute approximate surface area is 219 Å². The molecule has 0 radical (unpaired) electrons. The van der Waals surface area contributed by atoms with Gasteiger partial charge >= 0.3 is 5.97 Å². The molecular weight excluding hydrogens is 497 g/mol. The number of hydrogen-bond donors (Lipinski definition) is 2. The Hall–Kier alpha value is -3.61. The number of likely N-dealkylation sites (tertiary alicyclic amines) is 1. The van der Waals surface area contributed by atoms with E-state index < -0.39 is 34.9 Å². The second-order valence-electron chi connectivity index (χ2n) is 9.71. The number of carbonyl (C=O) groups is 1. The van der Waals surface area contributed by atoms with Crippen LogP contribution < -0.4 is 4.74 Å². The average molecular weight is 527 g/mol. The van der Waals surface area contributed by atoms with Crippen molar-refractivity contribution in [3.63, 3.8) is 0 Å². The monoisotopic (exact) mass is 526 g/mol. The van der Waals surface area contributed by atoms with Gasteiger partial charge < -0.3 is 14.9 Å². The Morgan fingerprint density at radius 2 is 1.95 bits per heavy atom. The predicted molar refractivity (Wildman–Crippen MR) is 136 cm³/mol. The number of aromatic nitrogens is 1. The van der Waals surface area contributed by atoms with Crippen LogP contribution in [0.2, 0.25) is 0 Å². The number of piperidine rings is 1. The number of methoxy groups -OCH3 is 1. The highest BCUT2D eigenvalue weighted by atomic mass is 19.2. The highest BCUT2D eigenvalue weighted by Gasteiger charge is 2.41. The Morgan fingerprint density at radius 1 is 1.21 bits per heavy atom. The first-order valence-electron chi connectivity index (χ1n) is 12.3. The molecule has 38 heavy (non-hydrogen) atoms. The van der Waals surface area contributed by atoms with Gasteiger partial charge in [0.2, 0.25) is 0 Å². The van der Waals surface area contributed by atoms with Crippen molar-refractivity contribution in [1.29, 1.82) is 0 Å². The predicted octanol–water partition coefficient (Wildman–Crippen LogP) is 5.00. The van der Waals surface area contributed by atoms with E-state index in [1.807, 2.05) is 24.0 Å². The summed E-state index contributed by atoms with van der Waals surface area (Å²) in [6, 6.07) is 6.74. The van der Waals surface area contributed by atoms with Gasteiger partial charge in [-0.2, -0.15) is 0 Å². The zero-order valence-electron chi connectivity index (χ0n) is 21.2. The lowest BCUT2D eigenvalue weighted by atomic mass is 9.74. The molecule has 0 aliphatic carbocycles. The Morgan fingerprint density at radius 3 is 2.63 bits per heavy atom. The van der Waals surface area contributed by atoms with E-state index >= 15 is 0 Å². The van der Waals surface area contributed by atoms with Crippen molar-refractivity contribution in [2.75, 3.05) is 26.7 Å².